The van der Waals surface area contributed by atoms with E-state index in [0.717, 1.165) is 44.6 Å². The summed E-state index contributed by atoms with van der Waals surface area (Å²) >= 11 is 14.0. The second-order valence-electron chi connectivity index (χ2n) is 15.4. The number of aliphatic hydroxyl groups is 1. The Morgan fingerprint density at radius 1 is 1.04 bits per heavy atom. The molecule has 0 saturated carbocycles. The number of oxazole rings is 2. The van der Waals surface area contributed by atoms with E-state index in [4.69, 9.17) is 46.7 Å². The lowest BCUT2D eigenvalue weighted by atomic mass is 9.72. The number of amides is 2. The van der Waals surface area contributed by atoms with Crippen molar-refractivity contribution in [3.63, 3.8) is 0 Å². The van der Waals surface area contributed by atoms with E-state index in [1.54, 1.807) is 13.8 Å². The van der Waals surface area contributed by atoms with E-state index in [0.29, 0.717) is 40.0 Å². The first-order chi connectivity index (χ1) is 26.5. The minimum Gasteiger partial charge on any atom is -0.469 e. The van der Waals surface area contributed by atoms with Gasteiger partial charge in [0, 0.05) is 45.8 Å². The molecule has 5 aromatic rings. The topological polar surface area (TPSA) is 152 Å². The summed E-state index contributed by atoms with van der Waals surface area (Å²) in [6.07, 6.45) is 0.342. The lowest BCUT2D eigenvalue weighted by molar-refractivity contribution is -0.143. The van der Waals surface area contributed by atoms with Crippen LogP contribution < -0.4 is 20.7 Å². The Labute approximate surface area is 326 Å². The first kappa shape index (κ1) is 34.4. The molecule has 11 nitrogen and oxygen atoms in total. The lowest BCUT2D eigenvalue weighted by Crippen LogP contribution is -2.55. The normalized spacial score (nSPS) is 22.6. The number of carbonyl (C=O) groups excluding carboxylic acids is 2. The van der Waals surface area contributed by atoms with Crippen molar-refractivity contribution in [1.82, 2.24) is 20.6 Å². The van der Waals surface area contributed by atoms with Gasteiger partial charge in [0.25, 0.3) is 11.8 Å². The molecule has 4 N–H and O–H groups in total. The number of aromatic nitrogens is 2. The maximum absolute atomic E-state index is 14.3. The van der Waals surface area contributed by atoms with Crippen molar-refractivity contribution in [3.8, 4) is 28.5 Å². The van der Waals surface area contributed by atoms with Gasteiger partial charge in [0.1, 0.15) is 28.8 Å². The van der Waals surface area contributed by atoms with Crippen molar-refractivity contribution in [1.29, 1.82) is 0 Å². The number of para-hydroxylation sites is 1. The van der Waals surface area contributed by atoms with Crippen LogP contribution in [0.5, 0.6) is 5.75 Å². The van der Waals surface area contributed by atoms with Crippen molar-refractivity contribution in [2.75, 3.05) is 5.32 Å². The molecule has 280 valence electrons. The van der Waals surface area contributed by atoms with Crippen molar-refractivity contribution in [2.45, 2.75) is 82.7 Å². The zero-order valence-electron chi connectivity index (χ0n) is 30.5. The number of nitrogens with zero attached hydrogens (tertiary/aromatic N) is 2. The highest BCUT2D eigenvalue weighted by Crippen LogP contribution is 2.62. The second-order valence-corrected chi connectivity index (χ2v) is 16.2. The third-order valence-electron chi connectivity index (χ3n) is 12.1. The summed E-state index contributed by atoms with van der Waals surface area (Å²) in [4.78, 5) is 37.7. The van der Waals surface area contributed by atoms with E-state index >= 15 is 0 Å². The molecular formula is C42H37Cl2N5O6. The zero-order chi connectivity index (χ0) is 38.1. The molecule has 0 saturated heterocycles. The second kappa shape index (κ2) is 11.9. The lowest BCUT2D eigenvalue weighted by Gasteiger charge is -2.30. The highest BCUT2D eigenvalue weighted by molar-refractivity contribution is 6.36. The van der Waals surface area contributed by atoms with Gasteiger partial charge in [-0.15, -0.1) is 0 Å². The predicted molar refractivity (Wildman–Crippen MR) is 206 cm³/mol. The Bertz CT molecular complexity index is 2530. The van der Waals surface area contributed by atoms with E-state index < -0.39 is 41.1 Å². The molecule has 0 fully saturated rings. The SMILES string of the molecule is CCC(O)(CC)C(=O)NC1Cc2ccc3c(c2)C24c5cccc(c5N[C@H]2O3)-c2cccc3c2C(=C(Cl)C3)c2oc(nc2Cl)-c2nc(oc24)[C@H](C(C)C)NC1=O. The first-order valence-corrected chi connectivity index (χ1v) is 19.5. The molecule has 10 rings (SSSR count). The van der Waals surface area contributed by atoms with E-state index in [1.165, 1.54) is 0 Å². The van der Waals surface area contributed by atoms with Crippen molar-refractivity contribution in [2.24, 2.45) is 5.92 Å². The summed E-state index contributed by atoms with van der Waals surface area (Å²) in [7, 11) is 0. The Morgan fingerprint density at radius 3 is 2.60 bits per heavy atom. The predicted octanol–water partition coefficient (Wildman–Crippen LogP) is 7.40. The van der Waals surface area contributed by atoms with Crippen LogP contribution in [0.25, 0.3) is 28.3 Å². The first-order valence-electron chi connectivity index (χ1n) is 18.7. The minimum absolute atomic E-state index is 0.128. The molecule has 1 aliphatic carbocycles. The van der Waals surface area contributed by atoms with Crippen molar-refractivity contribution >= 4 is 46.3 Å². The van der Waals surface area contributed by atoms with Gasteiger partial charge in [0.2, 0.25) is 11.8 Å². The van der Waals surface area contributed by atoms with Crippen LogP contribution in [0.4, 0.5) is 5.69 Å². The molecule has 13 heteroatoms. The quantitative estimate of drug-likeness (QED) is 0.143. The van der Waals surface area contributed by atoms with E-state index in [9.17, 15) is 14.7 Å². The van der Waals surface area contributed by atoms with E-state index in [1.807, 2.05) is 44.2 Å². The highest BCUT2D eigenvalue weighted by atomic mass is 35.5. The molecule has 3 aromatic carbocycles. The number of allylic oxidation sites excluding steroid dienone is 1. The van der Waals surface area contributed by atoms with Gasteiger partial charge in [-0.2, -0.15) is 4.98 Å². The standard InChI is InChI=1S/C42H37Cl2N5O6/c1-5-41(52,6-2)39(51)45-26-16-19-13-14-27-24(15-19)42-23-12-8-11-22(31(23)48-40(42)53-27)21-10-7-9-20-17-25(43)29(28(20)21)33-35(44)49-38(54-33)32-34(42)55-37(47-32)30(18(3)4)46-36(26)50/h7-15,18,26,30,40,48,52H,5-6,16-17H2,1-4H3,(H,45,51)(H,46,50)/t26?,30-,40-,42?/m0/s1. The summed E-state index contributed by atoms with van der Waals surface area (Å²) in [5.41, 5.74) is 5.35. The van der Waals surface area contributed by atoms with E-state index in [2.05, 4.69) is 40.2 Å². The molecule has 2 amide bonds. The van der Waals surface area contributed by atoms with Crippen LogP contribution in [0.3, 0.4) is 0 Å². The van der Waals surface area contributed by atoms with Crippen LogP contribution >= 0.6 is 23.2 Å². The summed E-state index contributed by atoms with van der Waals surface area (Å²) in [6, 6.07) is 16.3. The summed E-state index contributed by atoms with van der Waals surface area (Å²) < 4.78 is 20.5. The molecule has 4 aliphatic heterocycles. The van der Waals surface area contributed by atoms with Crippen molar-refractivity contribution in [3.05, 3.63) is 110 Å². The van der Waals surface area contributed by atoms with Gasteiger partial charge in [-0.05, 0) is 47.1 Å². The average Bonchev–Trinajstić information content (AvgIpc) is 3.97. The average molecular weight is 779 g/mol. The molecule has 1 spiro atoms. The summed E-state index contributed by atoms with van der Waals surface area (Å²) in [5, 5.41) is 21.6. The van der Waals surface area contributed by atoms with Crippen LogP contribution in [-0.2, 0) is 27.8 Å². The number of carbonyl (C=O) groups is 2. The molecule has 2 aromatic heterocycles. The third kappa shape index (κ3) is 4.66. The number of fused-ring (bicyclic) bond motifs is 7. The van der Waals surface area contributed by atoms with Gasteiger partial charge >= 0.3 is 0 Å². The molecule has 0 radical (unpaired) electrons. The van der Waals surface area contributed by atoms with Crippen LogP contribution in [0, 0.1) is 5.92 Å². The molecule has 4 atom stereocenters. The number of hydrogen-bond donors (Lipinski definition) is 4. The molecule has 2 unspecified atom stereocenters. The molecular weight excluding hydrogens is 741 g/mol. The van der Waals surface area contributed by atoms with E-state index in [-0.39, 0.29) is 42.1 Å². The van der Waals surface area contributed by atoms with Crippen LogP contribution in [-0.4, -0.2) is 44.8 Å². The van der Waals surface area contributed by atoms with Crippen LogP contribution in [0.15, 0.2) is 68.5 Å². The van der Waals surface area contributed by atoms with Crippen LogP contribution in [0.2, 0.25) is 5.15 Å². The monoisotopic (exact) mass is 777 g/mol. The highest BCUT2D eigenvalue weighted by Gasteiger charge is 2.62. The smallest absolute Gasteiger partial charge is 0.252 e. The Hall–Kier alpha value is -5.10. The van der Waals surface area contributed by atoms with Gasteiger partial charge in [0.05, 0.1) is 0 Å². The number of hydrogen-bond acceptors (Lipinski definition) is 9. The molecule has 10 bridgehead atoms. The molecule has 6 heterocycles. The van der Waals surface area contributed by atoms with Gasteiger partial charge in [-0.25, -0.2) is 4.98 Å². The molecule has 55 heavy (non-hydrogen) atoms. The number of rotatable bonds is 5. The fraction of sp³-hybridized carbons (Fsp3) is 0.333. The maximum Gasteiger partial charge on any atom is 0.252 e. The Balaban J connectivity index is 1.28. The number of ether oxygens (including phenoxy) is 1. The maximum atomic E-state index is 14.3. The fourth-order valence-corrected chi connectivity index (χ4v) is 9.60. The number of benzene rings is 3. The van der Waals surface area contributed by atoms with Gasteiger partial charge in [-0.1, -0.05) is 99.4 Å². The van der Waals surface area contributed by atoms with Crippen molar-refractivity contribution < 1.29 is 28.3 Å². The molecule has 5 aliphatic rings. The van der Waals surface area contributed by atoms with Gasteiger partial charge in [0.15, 0.2) is 28.6 Å². The van der Waals surface area contributed by atoms with Crippen LogP contribution in [0.1, 0.15) is 91.8 Å². The fourth-order valence-electron chi connectivity index (χ4n) is 9.06. The zero-order valence-corrected chi connectivity index (χ0v) is 32.0. The Morgan fingerprint density at radius 2 is 1.82 bits per heavy atom. The largest absolute Gasteiger partial charge is 0.469 e. The number of anilines is 1. The number of halogens is 2. The summed E-state index contributed by atoms with van der Waals surface area (Å²) in [5.74, 6) is 0.431. The van der Waals surface area contributed by atoms with Gasteiger partial charge in [-0.3, -0.25) is 9.59 Å². The Kier molecular flexibility index (Phi) is 7.47. The minimum atomic E-state index is -1.63. The third-order valence-corrected chi connectivity index (χ3v) is 12.7. The summed E-state index contributed by atoms with van der Waals surface area (Å²) in [6.45, 7) is 7.39. The number of nitrogens with one attached hydrogen (secondary N) is 3. The van der Waals surface area contributed by atoms with Gasteiger partial charge < -0.3 is 34.6 Å².